The molecule has 7 nitrogen and oxygen atoms in total. The lowest BCUT2D eigenvalue weighted by atomic mass is 9.93. The number of aromatic nitrogens is 2. The van der Waals surface area contributed by atoms with Gasteiger partial charge in [-0.2, -0.15) is 0 Å². The Labute approximate surface area is 184 Å². The largest absolute Gasteiger partial charge is 0.347 e. The normalized spacial score (nSPS) is 22.5. The summed E-state index contributed by atoms with van der Waals surface area (Å²) < 4.78 is 13.8. The predicted molar refractivity (Wildman–Crippen MR) is 119 cm³/mol. The molecule has 31 heavy (non-hydrogen) atoms. The molecular weight excluding hydrogens is 392 g/mol. The molecule has 2 aromatic heterocycles. The number of carbonyl (C=O) groups is 1. The minimum Gasteiger partial charge on any atom is -0.347 e. The van der Waals surface area contributed by atoms with Gasteiger partial charge in [0.05, 0.1) is 13.2 Å². The molecule has 5 rings (SSSR count). The van der Waals surface area contributed by atoms with E-state index in [1.54, 1.807) is 0 Å². The molecule has 0 radical (unpaired) electrons. The lowest BCUT2D eigenvalue weighted by Crippen LogP contribution is -2.50. The summed E-state index contributed by atoms with van der Waals surface area (Å²) >= 11 is 0. The van der Waals surface area contributed by atoms with E-state index in [1.807, 2.05) is 17.2 Å². The van der Waals surface area contributed by atoms with Gasteiger partial charge in [-0.15, -0.1) is 0 Å². The van der Waals surface area contributed by atoms with Gasteiger partial charge in [0.1, 0.15) is 5.65 Å². The molecule has 3 aliphatic rings. The molecule has 1 amide bonds. The highest BCUT2D eigenvalue weighted by molar-refractivity contribution is 5.80. The Bertz CT molecular complexity index is 903. The molecule has 0 unspecified atom stereocenters. The fourth-order valence-corrected chi connectivity index (χ4v) is 5.43. The van der Waals surface area contributed by atoms with Crippen LogP contribution >= 0.6 is 0 Å². The molecule has 3 aliphatic heterocycles. The second kappa shape index (κ2) is 8.88. The Morgan fingerprint density at radius 1 is 1.16 bits per heavy atom. The van der Waals surface area contributed by atoms with Crippen molar-refractivity contribution in [1.82, 2.24) is 19.4 Å². The number of hydrogen-bond donors (Lipinski definition) is 0. The van der Waals surface area contributed by atoms with Crippen molar-refractivity contribution in [3.63, 3.8) is 0 Å². The average Bonchev–Trinajstić information content (AvgIpc) is 3.43. The van der Waals surface area contributed by atoms with E-state index in [4.69, 9.17) is 9.47 Å². The van der Waals surface area contributed by atoms with Crippen molar-refractivity contribution in [3.05, 3.63) is 30.1 Å². The second-order valence-corrected chi connectivity index (χ2v) is 9.11. The highest BCUT2D eigenvalue weighted by atomic mass is 16.7. The van der Waals surface area contributed by atoms with Crippen molar-refractivity contribution in [2.75, 3.05) is 45.9 Å². The highest BCUT2D eigenvalue weighted by Gasteiger charge is 2.41. The summed E-state index contributed by atoms with van der Waals surface area (Å²) in [6.45, 7) is 9.04. The Morgan fingerprint density at radius 3 is 2.61 bits per heavy atom. The first-order valence-electron chi connectivity index (χ1n) is 11.9. The van der Waals surface area contributed by atoms with Gasteiger partial charge in [-0.3, -0.25) is 4.79 Å². The van der Waals surface area contributed by atoms with Crippen molar-refractivity contribution in [2.24, 2.45) is 5.92 Å². The van der Waals surface area contributed by atoms with E-state index < -0.39 is 5.79 Å². The number of hydrogen-bond acceptors (Lipinski definition) is 5. The minimum absolute atomic E-state index is 0.168. The zero-order valence-corrected chi connectivity index (χ0v) is 18.6. The summed E-state index contributed by atoms with van der Waals surface area (Å²) in [5.74, 6) is 0.0998. The van der Waals surface area contributed by atoms with Crippen molar-refractivity contribution in [2.45, 2.75) is 51.4 Å². The molecule has 0 aromatic carbocycles. The molecular formula is C24H34N4O3. The van der Waals surface area contributed by atoms with Crippen LogP contribution in [0.2, 0.25) is 0 Å². The summed E-state index contributed by atoms with van der Waals surface area (Å²) in [5.41, 5.74) is 2.46. The maximum Gasteiger partial charge on any atom is 0.225 e. The maximum atomic E-state index is 13.0. The van der Waals surface area contributed by atoms with Crippen LogP contribution in [0, 0.1) is 5.92 Å². The minimum atomic E-state index is -0.406. The molecule has 168 valence electrons. The number of pyridine rings is 1. The van der Waals surface area contributed by atoms with E-state index in [9.17, 15) is 4.79 Å². The van der Waals surface area contributed by atoms with Crippen molar-refractivity contribution >= 4 is 16.9 Å². The van der Waals surface area contributed by atoms with E-state index in [0.717, 1.165) is 77.0 Å². The Balaban J connectivity index is 1.11. The Morgan fingerprint density at radius 2 is 1.90 bits per heavy atom. The van der Waals surface area contributed by atoms with Crippen molar-refractivity contribution in [1.29, 1.82) is 0 Å². The number of amides is 1. The number of ether oxygens (including phenoxy) is 2. The van der Waals surface area contributed by atoms with Gasteiger partial charge in [0, 0.05) is 62.7 Å². The molecule has 5 heterocycles. The van der Waals surface area contributed by atoms with Crippen LogP contribution in [0.15, 0.2) is 24.5 Å². The summed E-state index contributed by atoms with van der Waals surface area (Å²) in [6, 6.07) is 4.20. The van der Waals surface area contributed by atoms with Crippen LogP contribution in [-0.2, 0) is 27.2 Å². The maximum absolute atomic E-state index is 13.0. The van der Waals surface area contributed by atoms with Crippen LogP contribution < -0.4 is 0 Å². The van der Waals surface area contributed by atoms with E-state index in [0.29, 0.717) is 19.1 Å². The summed E-state index contributed by atoms with van der Waals surface area (Å²) in [5, 5.41) is 1.27. The lowest BCUT2D eigenvalue weighted by molar-refractivity contribution is -0.188. The monoisotopic (exact) mass is 426 g/mol. The molecule has 3 saturated heterocycles. The summed E-state index contributed by atoms with van der Waals surface area (Å²) in [4.78, 5) is 22.2. The average molecular weight is 427 g/mol. The van der Waals surface area contributed by atoms with Crippen LogP contribution in [0.3, 0.4) is 0 Å². The molecule has 7 heteroatoms. The number of rotatable bonds is 5. The van der Waals surface area contributed by atoms with Crippen molar-refractivity contribution < 1.29 is 14.3 Å². The number of nitrogens with zero attached hydrogens (tertiary/aromatic N) is 4. The first-order valence-corrected chi connectivity index (χ1v) is 11.9. The van der Waals surface area contributed by atoms with Gasteiger partial charge in [0.25, 0.3) is 0 Å². The topological polar surface area (TPSA) is 59.8 Å². The number of carbonyl (C=O) groups excluding carboxylic acids is 1. The lowest BCUT2D eigenvalue weighted by Gasteiger charge is -2.40. The van der Waals surface area contributed by atoms with Crippen molar-refractivity contribution in [3.8, 4) is 0 Å². The smallest absolute Gasteiger partial charge is 0.225 e. The van der Waals surface area contributed by atoms with Gasteiger partial charge >= 0.3 is 0 Å². The third-order valence-electron chi connectivity index (χ3n) is 7.34. The number of piperidine rings is 2. The van der Waals surface area contributed by atoms with Gasteiger partial charge in [-0.1, -0.05) is 0 Å². The molecule has 0 saturated carbocycles. The summed E-state index contributed by atoms with van der Waals surface area (Å²) in [7, 11) is 0. The Kier molecular flexibility index (Phi) is 5.99. The SMILES string of the molecule is CCn1cc(CCN2CCC(C(=O)N3CCC4(CC3)OCCO4)CC2)c2cccnc21. The van der Waals surface area contributed by atoms with Gasteiger partial charge < -0.3 is 23.8 Å². The standard InChI is InChI=1S/C24H34N4O3/c1-2-27-18-20(21-4-3-10-25-22(21)27)7-13-26-11-5-19(6-12-26)23(29)28-14-8-24(9-15-28)30-16-17-31-24/h3-4,10,18-19H,2,5-9,11-17H2,1H3. The van der Waals surface area contributed by atoms with Crippen LogP contribution in [-0.4, -0.2) is 77.0 Å². The third-order valence-corrected chi connectivity index (χ3v) is 7.34. The zero-order chi connectivity index (χ0) is 21.3. The molecule has 0 aliphatic carbocycles. The molecule has 2 aromatic rings. The van der Waals surface area contributed by atoms with Crippen LogP contribution in [0.4, 0.5) is 0 Å². The van der Waals surface area contributed by atoms with E-state index in [2.05, 4.69) is 33.6 Å². The molecule has 1 spiro atoms. The first-order chi connectivity index (χ1) is 15.2. The molecule has 0 bridgehead atoms. The fraction of sp³-hybridized carbons (Fsp3) is 0.667. The van der Waals surface area contributed by atoms with Crippen LogP contribution in [0.5, 0.6) is 0 Å². The quantitative estimate of drug-likeness (QED) is 0.736. The van der Waals surface area contributed by atoms with Crippen LogP contribution in [0.25, 0.3) is 11.0 Å². The molecule has 0 N–H and O–H groups in total. The van der Waals surface area contributed by atoms with Gasteiger partial charge in [0.15, 0.2) is 5.79 Å². The van der Waals surface area contributed by atoms with Gasteiger partial charge in [-0.25, -0.2) is 4.98 Å². The predicted octanol–water partition coefficient (Wildman–Crippen LogP) is 2.68. The molecule has 3 fully saturated rings. The number of fused-ring (bicyclic) bond motifs is 1. The van der Waals surface area contributed by atoms with E-state index >= 15 is 0 Å². The van der Waals surface area contributed by atoms with E-state index in [-0.39, 0.29) is 5.92 Å². The van der Waals surface area contributed by atoms with Gasteiger partial charge in [-0.05, 0) is 57.0 Å². The first kappa shape index (κ1) is 20.9. The van der Waals surface area contributed by atoms with E-state index in [1.165, 1.54) is 10.9 Å². The second-order valence-electron chi connectivity index (χ2n) is 9.11. The van der Waals surface area contributed by atoms with Gasteiger partial charge in [0.2, 0.25) is 5.91 Å². The van der Waals surface area contributed by atoms with Crippen LogP contribution in [0.1, 0.15) is 38.2 Å². The Hall–Kier alpha value is -1.96. The number of likely N-dealkylation sites (tertiary alicyclic amines) is 2. The zero-order valence-electron chi connectivity index (χ0n) is 18.6. The highest BCUT2D eigenvalue weighted by Crippen LogP contribution is 2.32. The summed E-state index contributed by atoms with van der Waals surface area (Å²) in [6.07, 6.45) is 8.69. The third kappa shape index (κ3) is 4.23. The fourth-order valence-electron chi connectivity index (χ4n) is 5.43. The number of aryl methyl sites for hydroxylation is 1. The molecule has 0 atom stereocenters.